The molecule has 3 aliphatic rings. The summed E-state index contributed by atoms with van der Waals surface area (Å²) in [6.07, 6.45) is 5.50. The van der Waals surface area contributed by atoms with Crippen molar-refractivity contribution < 1.29 is 68.5 Å². The van der Waals surface area contributed by atoms with E-state index in [1.807, 2.05) is 0 Å². The SMILES string of the molecule is C[C@]12CC[C@@H]3c4ccccc4CC[C@H]3[C@@H]1CC[C@@H]2OS(=O)(=O)[O-].[K+]. The van der Waals surface area contributed by atoms with Gasteiger partial charge < -0.3 is 4.55 Å². The molecule has 4 rings (SSSR count). The molecule has 0 amide bonds. The molecule has 3 aliphatic carbocycles. The van der Waals surface area contributed by atoms with Crippen molar-refractivity contribution in [2.24, 2.45) is 17.3 Å². The molecule has 0 unspecified atom stereocenters. The second-order valence-electron chi connectivity index (χ2n) is 7.73. The van der Waals surface area contributed by atoms with Gasteiger partial charge in [-0.05, 0) is 72.8 Å². The van der Waals surface area contributed by atoms with Gasteiger partial charge in [0, 0.05) is 0 Å². The minimum Gasteiger partial charge on any atom is -0.726 e. The van der Waals surface area contributed by atoms with E-state index in [0.717, 1.165) is 25.7 Å². The summed E-state index contributed by atoms with van der Waals surface area (Å²) in [6.45, 7) is 2.14. The molecule has 0 heterocycles. The number of aryl methyl sites for hydroxylation is 1. The van der Waals surface area contributed by atoms with E-state index in [-0.39, 0.29) is 56.8 Å². The monoisotopic (exact) mass is 374 g/mol. The van der Waals surface area contributed by atoms with Crippen molar-refractivity contribution in [3.05, 3.63) is 35.4 Å². The average Bonchev–Trinajstić information content (AvgIpc) is 2.82. The molecule has 0 spiro atoms. The van der Waals surface area contributed by atoms with Crippen LogP contribution in [-0.2, 0) is 21.0 Å². The molecular formula is C18H23KO4S. The van der Waals surface area contributed by atoms with Crippen LogP contribution in [0.1, 0.15) is 56.1 Å². The Morgan fingerprint density at radius 1 is 1.17 bits per heavy atom. The van der Waals surface area contributed by atoms with Crippen molar-refractivity contribution in [3.63, 3.8) is 0 Å². The van der Waals surface area contributed by atoms with E-state index in [2.05, 4.69) is 31.2 Å². The first kappa shape index (κ1) is 19.5. The van der Waals surface area contributed by atoms with E-state index in [4.69, 9.17) is 4.18 Å². The quantitative estimate of drug-likeness (QED) is 0.427. The fourth-order valence-corrected chi connectivity index (χ4v) is 6.37. The topological polar surface area (TPSA) is 66.4 Å². The third-order valence-electron chi connectivity index (χ3n) is 6.79. The van der Waals surface area contributed by atoms with Gasteiger partial charge in [-0.2, -0.15) is 0 Å². The number of hydrogen-bond acceptors (Lipinski definition) is 4. The van der Waals surface area contributed by atoms with Gasteiger partial charge in [0.05, 0.1) is 6.10 Å². The maximum atomic E-state index is 11.1. The molecule has 2 fully saturated rings. The largest absolute Gasteiger partial charge is 1.00 e. The number of benzene rings is 1. The van der Waals surface area contributed by atoms with Crippen LogP contribution in [0.5, 0.6) is 0 Å². The number of hydrogen-bond donors (Lipinski definition) is 0. The van der Waals surface area contributed by atoms with Crippen LogP contribution in [0.15, 0.2) is 24.3 Å². The van der Waals surface area contributed by atoms with Gasteiger partial charge in [-0.15, -0.1) is 0 Å². The van der Waals surface area contributed by atoms with Crippen LogP contribution in [0.2, 0.25) is 0 Å². The van der Waals surface area contributed by atoms with E-state index in [9.17, 15) is 13.0 Å². The van der Waals surface area contributed by atoms with E-state index < -0.39 is 16.5 Å². The molecular weight excluding hydrogens is 351 g/mol. The van der Waals surface area contributed by atoms with E-state index in [1.165, 1.54) is 17.5 Å². The van der Waals surface area contributed by atoms with Gasteiger partial charge in [0.2, 0.25) is 10.4 Å². The molecule has 0 bridgehead atoms. The Kier molecular flexibility index (Phi) is 5.71. The predicted octanol–water partition coefficient (Wildman–Crippen LogP) is 0.392. The van der Waals surface area contributed by atoms with Gasteiger partial charge in [0.25, 0.3) is 0 Å². The Morgan fingerprint density at radius 3 is 2.67 bits per heavy atom. The fourth-order valence-electron chi connectivity index (χ4n) is 5.77. The Balaban J connectivity index is 0.00000169. The summed E-state index contributed by atoms with van der Waals surface area (Å²) in [7, 11) is -4.62. The second-order valence-corrected chi connectivity index (χ2v) is 8.74. The standard InChI is InChI=1S/C18H24O4S.K/c1-18-11-10-14-13-5-3-2-4-12(13)6-7-15(14)16(18)8-9-17(18)22-23(19,20)21;/h2-5,14-17H,6-11H2,1H3,(H,19,20,21);/q;+1/p-1/t14-,15-,16+,17+,18+;/m1./s1. The van der Waals surface area contributed by atoms with Gasteiger partial charge in [-0.3, -0.25) is 4.18 Å². The normalized spacial score (nSPS) is 37.8. The van der Waals surface area contributed by atoms with Gasteiger partial charge in [-0.1, -0.05) is 31.2 Å². The van der Waals surface area contributed by atoms with Crippen molar-refractivity contribution in [1.82, 2.24) is 0 Å². The number of rotatable bonds is 2. The smallest absolute Gasteiger partial charge is 0.726 e. The Labute approximate surface area is 187 Å². The summed E-state index contributed by atoms with van der Waals surface area (Å²) in [4.78, 5) is 0. The van der Waals surface area contributed by atoms with Crippen molar-refractivity contribution >= 4 is 10.4 Å². The zero-order valence-corrected chi connectivity index (χ0v) is 18.3. The Hall–Kier alpha value is 0.726. The van der Waals surface area contributed by atoms with Crippen LogP contribution in [0.4, 0.5) is 0 Å². The maximum Gasteiger partial charge on any atom is 1.00 e. The Bertz CT molecular complexity index is 719. The van der Waals surface area contributed by atoms with Crippen molar-refractivity contribution in [3.8, 4) is 0 Å². The first-order valence-corrected chi connectivity index (χ1v) is 9.94. The zero-order valence-electron chi connectivity index (χ0n) is 14.4. The summed E-state index contributed by atoms with van der Waals surface area (Å²) in [5.41, 5.74) is 2.79. The Morgan fingerprint density at radius 2 is 1.92 bits per heavy atom. The molecule has 0 radical (unpaired) electrons. The van der Waals surface area contributed by atoms with Crippen LogP contribution in [0, 0.1) is 17.3 Å². The van der Waals surface area contributed by atoms with E-state index >= 15 is 0 Å². The molecule has 4 nitrogen and oxygen atoms in total. The summed E-state index contributed by atoms with van der Waals surface area (Å²) >= 11 is 0. The average molecular weight is 375 g/mol. The minimum atomic E-state index is -4.62. The first-order chi connectivity index (χ1) is 10.9. The molecule has 24 heavy (non-hydrogen) atoms. The van der Waals surface area contributed by atoms with Crippen LogP contribution in [-0.4, -0.2) is 19.1 Å². The summed E-state index contributed by atoms with van der Waals surface area (Å²) in [5, 5.41) is 0. The van der Waals surface area contributed by atoms with Crippen LogP contribution < -0.4 is 51.4 Å². The minimum absolute atomic E-state index is 0. The third-order valence-corrected chi connectivity index (χ3v) is 7.25. The summed E-state index contributed by atoms with van der Waals surface area (Å²) in [6, 6.07) is 8.74. The van der Waals surface area contributed by atoms with Gasteiger partial charge in [-0.25, -0.2) is 8.42 Å². The molecule has 2 saturated carbocycles. The molecule has 6 heteroatoms. The van der Waals surface area contributed by atoms with E-state index in [0.29, 0.717) is 24.2 Å². The van der Waals surface area contributed by atoms with Gasteiger partial charge in [0.1, 0.15) is 0 Å². The third kappa shape index (κ3) is 3.33. The van der Waals surface area contributed by atoms with Crippen molar-refractivity contribution in [1.29, 1.82) is 0 Å². The molecule has 0 aliphatic heterocycles. The van der Waals surface area contributed by atoms with Gasteiger partial charge >= 0.3 is 51.4 Å². The molecule has 1 aromatic carbocycles. The van der Waals surface area contributed by atoms with E-state index in [1.54, 1.807) is 0 Å². The fraction of sp³-hybridized carbons (Fsp3) is 0.667. The predicted molar refractivity (Wildman–Crippen MR) is 85.6 cm³/mol. The molecule has 0 N–H and O–H groups in total. The van der Waals surface area contributed by atoms with Crippen LogP contribution >= 0.6 is 0 Å². The van der Waals surface area contributed by atoms with Crippen molar-refractivity contribution in [2.45, 2.75) is 57.5 Å². The molecule has 126 valence electrons. The molecule has 1 aromatic rings. The second kappa shape index (κ2) is 7.04. The first-order valence-electron chi connectivity index (χ1n) is 8.60. The number of fused-ring (bicyclic) bond motifs is 5. The van der Waals surface area contributed by atoms with Crippen LogP contribution in [0.3, 0.4) is 0 Å². The maximum absolute atomic E-state index is 11.1. The van der Waals surface area contributed by atoms with Crippen LogP contribution in [0.25, 0.3) is 0 Å². The summed E-state index contributed by atoms with van der Waals surface area (Å²) in [5.74, 6) is 1.63. The molecule has 5 atom stereocenters. The molecule has 0 aromatic heterocycles. The van der Waals surface area contributed by atoms with Gasteiger partial charge in [0.15, 0.2) is 0 Å². The zero-order chi connectivity index (χ0) is 16.2. The van der Waals surface area contributed by atoms with Crippen molar-refractivity contribution in [2.75, 3.05) is 0 Å². The summed E-state index contributed by atoms with van der Waals surface area (Å²) < 4.78 is 38.2. The molecule has 0 saturated heterocycles.